The Labute approximate surface area is 115 Å². The van der Waals surface area contributed by atoms with Gasteiger partial charge in [0, 0.05) is 25.6 Å². The number of aryl methyl sites for hydroxylation is 1. The first-order valence-corrected chi connectivity index (χ1v) is 7.18. The lowest BCUT2D eigenvalue weighted by Crippen LogP contribution is -2.40. The van der Waals surface area contributed by atoms with Crippen LogP contribution in [0.25, 0.3) is 0 Å². The van der Waals surface area contributed by atoms with Gasteiger partial charge in [0.1, 0.15) is 0 Å². The van der Waals surface area contributed by atoms with Gasteiger partial charge in [0.15, 0.2) is 0 Å². The molecule has 2 atom stereocenters. The Morgan fingerprint density at radius 2 is 2.21 bits per heavy atom. The van der Waals surface area contributed by atoms with Crippen LogP contribution in [0.1, 0.15) is 43.2 Å². The molecule has 0 radical (unpaired) electrons. The summed E-state index contributed by atoms with van der Waals surface area (Å²) in [6.07, 6.45) is 2.73. The average Bonchev–Trinajstić information content (AvgIpc) is 2.87. The van der Waals surface area contributed by atoms with Crippen LogP contribution in [0, 0.1) is 6.92 Å². The van der Waals surface area contributed by atoms with Gasteiger partial charge in [-0.25, -0.2) is 0 Å². The van der Waals surface area contributed by atoms with E-state index in [2.05, 4.69) is 26.0 Å². The maximum Gasteiger partial charge on any atom is 0.223 e. The summed E-state index contributed by atoms with van der Waals surface area (Å²) in [4.78, 5) is 14.4. The van der Waals surface area contributed by atoms with Crippen molar-refractivity contribution in [2.24, 2.45) is 5.73 Å². The Kier molecular flexibility index (Phi) is 4.59. The Bertz CT molecular complexity index is 444. The summed E-state index contributed by atoms with van der Waals surface area (Å²) in [5.74, 6) is 0.524. The first-order chi connectivity index (χ1) is 9.13. The van der Waals surface area contributed by atoms with Crippen molar-refractivity contribution in [3.63, 3.8) is 0 Å². The Balaban J connectivity index is 2.01. The van der Waals surface area contributed by atoms with Crippen LogP contribution in [0.15, 0.2) is 24.3 Å². The van der Waals surface area contributed by atoms with Gasteiger partial charge in [-0.2, -0.15) is 0 Å². The maximum atomic E-state index is 12.4. The zero-order valence-electron chi connectivity index (χ0n) is 11.9. The minimum Gasteiger partial charge on any atom is -0.338 e. The number of rotatable bonds is 4. The van der Waals surface area contributed by atoms with Crippen molar-refractivity contribution in [2.75, 3.05) is 13.1 Å². The first-order valence-electron chi connectivity index (χ1n) is 7.18. The Morgan fingerprint density at radius 1 is 1.47 bits per heavy atom. The third-order valence-corrected chi connectivity index (χ3v) is 4.17. The molecule has 104 valence electrons. The van der Waals surface area contributed by atoms with E-state index < -0.39 is 0 Å². The molecule has 2 unspecified atom stereocenters. The molecule has 1 aliphatic heterocycles. The summed E-state index contributed by atoms with van der Waals surface area (Å²) in [5, 5.41) is 0. The molecule has 1 amide bonds. The molecule has 0 aliphatic carbocycles. The number of hydrogen-bond donors (Lipinski definition) is 1. The van der Waals surface area contributed by atoms with Crippen molar-refractivity contribution in [2.45, 2.75) is 45.1 Å². The fraction of sp³-hybridized carbons (Fsp3) is 0.562. The highest BCUT2D eigenvalue weighted by Crippen LogP contribution is 2.25. The van der Waals surface area contributed by atoms with Crippen molar-refractivity contribution in [3.8, 4) is 0 Å². The molecule has 1 fully saturated rings. The third-order valence-electron chi connectivity index (χ3n) is 4.17. The van der Waals surface area contributed by atoms with Gasteiger partial charge in [0.2, 0.25) is 5.91 Å². The number of carbonyl (C=O) groups is 1. The van der Waals surface area contributed by atoms with Crippen molar-refractivity contribution < 1.29 is 4.79 Å². The van der Waals surface area contributed by atoms with Gasteiger partial charge in [-0.05, 0) is 36.8 Å². The second kappa shape index (κ2) is 6.20. The molecule has 1 saturated heterocycles. The van der Waals surface area contributed by atoms with E-state index in [0.717, 1.165) is 19.4 Å². The maximum absolute atomic E-state index is 12.4. The highest BCUT2D eigenvalue weighted by atomic mass is 16.2. The molecule has 3 heteroatoms. The van der Waals surface area contributed by atoms with Crippen LogP contribution in [-0.2, 0) is 4.79 Å². The summed E-state index contributed by atoms with van der Waals surface area (Å²) < 4.78 is 0. The van der Waals surface area contributed by atoms with Gasteiger partial charge in [-0.1, -0.05) is 31.2 Å². The van der Waals surface area contributed by atoms with E-state index in [1.54, 1.807) is 0 Å². The monoisotopic (exact) mass is 260 g/mol. The summed E-state index contributed by atoms with van der Waals surface area (Å²) >= 11 is 0. The molecular weight excluding hydrogens is 236 g/mol. The number of hydrogen-bond acceptors (Lipinski definition) is 2. The molecule has 1 heterocycles. The van der Waals surface area contributed by atoms with Crippen LogP contribution in [-0.4, -0.2) is 29.9 Å². The lowest BCUT2D eigenvalue weighted by atomic mass is 9.93. The van der Waals surface area contributed by atoms with Gasteiger partial charge >= 0.3 is 0 Å². The van der Waals surface area contributed by atoms with Gasteiger partial charge in [-0.3, -0.25) is 4.79 Å². The minimum atomic E-state index is 0.253. The Morgan fingerprint density at radius 3 is 2.89 bits per heavy atom. The molecule has 0 bridgehead atoms. The van der Waals surface area contributed by atoms with Gasteiger partial charge < -0.3 is 10.6 Å². The van der Waals surface area contributed by atoms with Crippen LogP contribution in [0.5, 0.6) is 0 Å². The first kappa shape index (κ1) is 14.1. The average molecular weight is 260 g/mol. The summed E-state index contributed by atoms with van der Waals surface area (Å²) in [7, 11) is 0. The van der Waals surface area contributed by atoms with Crippen LogP contribution >= 0.6 is 0 Å². The molecule has 2 rings (SSSR count). The lowest BCUT2D eigenvalue weighted by Gasteiger charge is -2.25. The number of amides is 1. The molecule has 1 aliphatic rings. The number of likely N-dealkylation sites (tertiary alicyclic amines) is 1. The quantitative estimate of drug-likeness (QED) is 0.904. The second-order valence-electron chi connectivity index (χ2n) is 5.58. The molecule has 1 aromatic carbocycles. The minimum absolute atomic E-state index is 0.253. The molecule has 1 aromatic rings. The van der Waals surface area contributed by atoms with E-state index in [0.29, 0.717) is 13.0 Å². The standard InChI is InChI=1S/C16H24N2O/c1-12-6-3-4-8-15(12)13(2)10-16(19)18-9-5-7-14(18)11-17/h3-4,6,8,13-14H,5,7,9-11,17H2,1-2H3. The van der Waals surface area contributed by atoms with E-state index in [-0.39, 0.29) is 17.9 Å². The highest BCUT2D eigenvalue weighted by Gasteiger charge is 2.28. The van der Waals surface area contributed by atoms with Crippen molar-refractivity contribution in [1.29, 1.82) is 0 Å². The summed E-state index contributed by atoms with van der Waals surface area (Å²) in [6.45, 7) is 5.70. The zero-order valence-corrected chi connectivity index (χ0v) is 11.9. The molecular formula is C16H24N2O. The topological polar surface area (TPSA) is 46.3 Å². The molecule has 0 spiro atoms. The summed E-state index contributed by atoms with van der Waals surface area (Å²) in [5.41, 5.74) is 8.27. The number of benzene rings is 1. The van der Waals surface area contributed by atoms with Crippen LogP contribution in [0.3, 0.4) is 0 Å². The van der Waals surface area contributed by atoms with Gasteiger partial charge in [-0.15, -0.1) is 0 Å². The third kappa shape index (κ3) is 3.16. The van der Waals surface area contributed by atoms with Gasteiger partial charge in [0.05, 0.1) is 0 Å². The fourth-order valence-corrected chi connectivity index (χ4v) is 3.04. The van der Waals surface area contributed by atoms with Gasteiger partial charge in [0.25, 0.3) is 0 Å². The fourth-order valence-electron chi connectivity index (χ4n) is 3.04. The number of nitrogens with zero attached hydrogens (tertiary/aromatic N) is 1. The van der Waals surface area contributed by atoms with Crippen LogP contribution in [0.4, 0.5) is 0 Å². The molecule has 0 aromatic heterocycles. The Hall–Kier alpha value is -1.35. The van der Waals surface area contributed by atoms with E-state index in [4.69, 9.17) is 5.73 Å². The SMILES string of the molecule is Cc1ccccc1C(C)CC(=O)N1CCCC1CN. The van der Waals surface area contributed by atoms with Crippen LogP contribution in [0.2, 0.25) is 0 Å². The number of carbonyl (C=O) groups excluding carboxylic acids is 1. The summed E-state index contributed by atoms with van der Waals surface area (Å²) in [6, 6.07) is 8.57. The predicted molar refractivity (Wildman–Crippen MR) is 78.0 cm³/mol. The normalized spacial score (nSPS) is 20.6. The smallest absolute Gasteiger partial charge is 0.223 e. The van der Waals surface area contributed by atoms with E-state index in [1.165, 1.54) is 11.1 Å². The molecule has 3 nitrogen and oxygen atoms in total. The van der Waals surface area contributed by atoms with E-state index >= 15 is 0 Å². The van der Waals surface area contributed by atoms with Crippen LogP contribution < -0.4 is 5.73 Å². The van der Waals surface area contributed by atoms with Crippen molar-refractivity contribution in [1.82, 2.24) is 4.90 Å². The van der Waals surface area contributed by atoms with Crippen molar-refractivity contribution >= 4 is 5.91 Å². The van der Waals surface area contributed by atoms with E-state index in [1.807, 2.05) is 17.0 Å². The molecule has 0 saturated carbocycles. The zero-order chi connectivity index (χ0) is 13.8. The lowest BCUT2D eigenvalue weighted by molar-refractivity contribution is -0.132. The predicted octanol–water partition coefficient (Wildman–Crippen LogP) is 2.44. The highest BCUT2D eigenvalue weighted by molar-refractivity contribution is 5.77. The number of nitrogens with two attached hydrogens (primary N) is 1. The molecule has 19 heavy (non-hydrogen) atoms. The van der Waals surface area contributed by atoms with Crippen molar-refractivity contribution in [3.05, 3.63) is 35.4 Å². The second-order valence-corrected chi connectivity index (χ2v) is 5.58. The largest absolute Gasteiger partial charge is 0.338 e. The molecule has 2 N–H and O–H groups in total. The van der Waals surface area contributed by atoms with E-state index in [9.17, 15) is 4.79 Å².